The lowest BCUT2D eigenvalue weighted by atomic mass is 10.2. The molecule has 0 N–H and O–H groups in total. The zero-order valence-electron chi connectivity index (χ0n) is 12.4. The van der Waals surface area contributed by atoms with Crippen molar-refractivity contribution in [2.24, 2.45) is 0 Å². The summed E-state index contributed by atoms with van der Waals surface area (Å²) in [5.41, 5.74) is 0.851. The Morgan fingerprint density at radius 2 is 2.21 bits per heavy atom. The van der Waals surface area contributed by atoms with Crippen molar-refractivity contribution in [3.8, 4) is 0 Å². The first kappa shape index (κ1) is 15.2. The monoisotopic (exact) mass is 361 g/mol. The highest BCUT2D eigenvalue weighted by atomic mass is 35.5. The zero-order chi connectivity index (χ0) is 16.5. The minimum atomic E-state index is -0.271. The van der Waals surface area contributed by atoms with Gasteiger partial charge >= 0.3 is 6.01 Å². The van der Waals surface area contributed by atoms with Gasteiger partial charge in [-0.2, -0.15) is 0 Å². The van der Waals surface area contributed by atoms with E-state index in [9.17, 15) is 4.79 Å². The van der Waals surface area contributed by atoms with E-state index in [-0.39, 0.29) is 17.3 Å². The van der Waals surface area contributed by atoms with Gasteiger partial charge in [0.2, 0.25) is 11.8 Å². The molecule has 1 amide bonds. The predicted octanol–water partition coefficient (Wildman–Crippen LogP) is 2.75. The van der Waals surface area contributed by atoms with Gasteiger partial charge in [0.05, 0.1) is 12.1 Å². The van der Waals surface area contributed by atoms with Crippen LogP contribution in [0.5, 0.6) is 0 Å². The fourth-order valence-corrected chi connectivity index (χ4v) is 3.96. The molecular formula is C15H12ClN5O2S. The van der Waals surface area contributed by atoms with Gasteiger partial charge in [-0.15, -0.1) is 16.9 Å². The van der Waals surface area contributed by atoms with Gasteiger partial charge in [-0.3, -0.25) is 4.79 Å². The number of aromatic nitrogens is 4. The van der Waals surface area contributed by atoms with E-state index in [0.717, 1.165) is 5.56 Å². The lowest BCUT2D eigenvalue weighted by Gasteiger charge is -2.20. The number of hydrogen-bond donors (Lipinski definition) is 0. The van der Waals surface area contributed by atoms with Gasteiger partial charge in [0.25, 0.3) is 0 Å². The van der Waals surface area contributed by atoms with E-state index in [2.05, 4.69) is 15.2 Å². The molecule has 1 aliphatic rings. The van der Waals surface area contributed by atoms with Gasteiger partial charge in [0.1, 0.15) is 11.9 Å². The summed E-state index contributed by atoms with van der Waals surface area (Å²) < 4.78 is 7.49. The number of thioether (sulfide) groups is 1. The second kappa shape index (κ2) is 6.29. The summed E-state index contributed by atoms with van der Waals surface area (Å²) in [5.74, 6) is 0.670. The number of hydrogen-bond acceptors (Lipinski definition) is 6. The highest BCUT2D eigenvalue weighted by Gasteiger charge is 2.38. The van der Waals surface area contributed by atoms with Gasteiger partial charge in [-0.25, -0.2) is 9.88 Å². The highest BCUT2D eigenvalue weighted by molar-refractivity contribution is 8.00. The maximum absolute atomic E-state index is 12.3. The zero-order valence-corrected chi connectivity index (χ0v) is 13.9. The number of nitrogens with zero attached hydrogens (tertiary/aromatic N) is 5. The van der Waals surface area contributed by atoms with E-state index in [4.69, 9.17) is 16.0 Å². The summed E-state index contributed by atoms with van der Waals surface area (Å²) in [4.78, 5) is 17.8. The van der Waals surface area contributed by atoms with Crippen LogP contribution < -0.4 is 4.90 Å². The number of carbonyl (C=O) groups excluding carboxylic acids is 1. The van der Waals surface area contributed by atoms with Crippen molar-refractivity contribution in [1.82, 2.24) is 19.7 Å². The van der Waals surface area contributed by atoms with Crippen molar-refractivity contribution in [1.29, 1.82) is 0 Å². The Morgan fingerprint density at radius 3 is 3.00 bits per heavy atom. The van der Waals surface area contributed by atoms with E-state index in [1.54, 1.807) is 24.8 Å². The Labute approximate surface area is 146 Å². The first-order valence-corrected chi connectivity index (χ1v) is 8.61. The molecule has 3 aromatic rings. The molecule has 0 saturated carbocycles. The first-order valence-electron chi connectivity index (χ1n) is 7.18. The van der Waals surface area contributed by atoms with Gasteiger partial charge in [-0.1, -0.05) is 34.9 Å². The third kappa shape index (κ3) is 2.78. The summed E-state index contributed by atoms with van der Waals surface area (Å²) in [7, 11) is 0. The van der Waals surface area contributed by atoms with Crippen molar-refractivity contribution in [3.63, 3.8) is 0 Å². The molecule has 1 aliphatic heterocycles. The van der Waals surface area contributed by atoms with E-state index in [1.165, 1.54) is 16.7 Å². The number of carbonyl (C=O) groups is 1. The summed E-state index contributed by atoms with van der Waals surface area (Å²) in [6.07, 6.45) is 5.13. The minimum Gasteiger partial charge on any atom is -0.406 e. The molecule has 4 rings (SSSR count). The van der Waals surface area contributed by atoms with E-state index in [0.29, 0.717) is 23.2 Å². The second-order valence-corrected chi connectivity index (χ2v) is 6.64. The predicted molar refractivity (Wildman–Crippen MR) is 89.8 cm³/mol. The Kier molecular flexibility index (Phi) is 3.99. The molecule has 0 radical (unpaired) electrons. The fraction of sp³-hybridized carbons (Fsp3) is 0.200. The molecule has 9 heteroatoms. The first-order chi connectivity index (χ1) is 11.7. The quantitative estimate of drug-likeness (QED) is 0.711. The van der Waals surface area contributed by atoms with Crippen LogP contribution >= 0.6 is 23.4 Å². The Hall–Kier alpha value is -2.32. The number of halogens is 1. The molecule has 0 aliphatic carbocycles. The van der Waals surface area contributed by atoms with Crippen LogP contribution in [0.15, 0.2) is 47.4 Å². The highest BCUT2D eigenvalue weighted by Crippen LogP contribution is 2.43. The van der Waals surface area contributed by atoms with Crippen molar-refractivity contribution in [2.75, 3.05) is 10.7 Å². The number of anilines is 1. The third-order valence-electron chi connectivity index (χ3n) is 3.58. The smallest absolute Gasteiger partial charge is 0.326 e. The summed E-state index contributed by atoms with van der Waals surface area (Å²) in [6, 6.07) is 7.63. The van der Waals surface area contributed by atoms with Crippen LogP contribution in [0.1, 0.15) is 16.8 Å². The van der Waals surface area contributed by atoms with E-state index >= 15 is 0 Å². The molecule has 1 unspecified atom stereocenters. The van der Waals surface area contributed by atoms with E-state index in [1.807, 2.05) is 22.8 Å². The fourth-order valence-electron chi connectivity index (χ4n) is 2.48. The maximum atomic E-state index is 12.3. The topological polar surface area (TPSA) is 77.1 Å². The summed E-state index contributed by atoms with van der Waals surface area (Å²) >= 11 is 7.76. The second-order valence-electron chi connectivity index (χ2n) is 5.16. The average Bonchev–Trinajstić information content (AvgIpc) is 3.30. The van der Waals surface area contributed by atoms with Crippen LogP contribution in [-0.4, -0.2) is 31.4 Å². The number of imidazole rings is 1. The molecule has 1 fully saturated rings. The van der Waals surface area contributed by atoms with Gasteiger partial charge in [0.15, 0.2) is 0 Å². The van der Waals surface area contributed by atoms with Crippen molar-refractivity contribution in [3.05, 3.63) is 59.5 Å². The Morgan fingerprint density at radius 1 is 1.33 bits per heavy atom. The number of benzene rings is 1. The summed E-state index contributed by atoms with van der Waals surface area (Å²) in [6.45, 7) is 0.402. The molecule has 122 valence electrons. The molecule has 3 heterocycles. The molecule has 0 bridgehead atoms. The Bertz CT molecular complexity index is 866. The maximum Gasteiger partial charge on any atom is 0.326 e. The minimum absolute atomic E-state index is 0.0808. The third-order valence-corrected chi connectivity index (χ3v) is 5.12. The van der Waals surface area contributed by atoms with Gasteiger partial charge < -0.3 is 8.98 Å². The normalized spacial score (nSPS) is 17.6. The SMILES string of the molecule is O=C1CSC(c2ccccc2Cl)N1c1nnc(Cn2ccnc2)o1. The Balaban J connectivity index is 1.63. The van der Waals surface area contributed by atoms with Crippen LogP contribution in [0.4, 0.5) is 6.01 Å². The average molecular weight is 362 g/mol. The van der Waals surface area contributed by atoms with Gasteiger partial charge in [-0.05, 0) is 6.07 Å². The molecule has 24 heavy (non-hydrogen) atoms. The van der Waals surface area contributed by atoms with Gasteiger partial charge in [0, 0.05) is 23.0 Å². The van der Waals surface area contributed by atoms with E-state index < -0.39 is 0 Å². The van der Waals surface area contributed by atoms with Crippen LogP contribution in [0.2, 0.25) is 5.02 Å². The summed E-state index contributed by atoms with van der Waals surface area (Å²) in [5, 5.41) is 8.39. The van der Waals surface area contributed by atoms with Crippen LogP contribution in [0.25, 0.3) is 0 Å². The van der Waals surface area contributed by atoms with Crippen molar-refractivity contribution in [2.45, 2.75) is 11.9 Å². The molecule has 2 aromatic heterocycles. The number of amides is 1. The molecule has 7 nitrogen and oxygen atoms in total. The van der Waals surface area contributed by atoms with Crippen molar-refractivity contribution >= 4 is 35.3 Å². The molecule has 1 saturated heterocycles. The largest absolute Gasteiger partial charge is 0.406 e. The van der Waals surface area contributed by atoms with Crippen molar-refractivity contribution < 1.29 is 9.21 Å². The molecule has 0 spiro atoms. The van der Waals surface area contributed by atoms with Crippen LogP contribution in [0, 0.1) is 0 Å². The van der Waals surface area contributed by atoms with Crippen LogP contribution in [0.3, 0.4) is 0 Å². The lowest BCUT2D eigenvalue weighted by molar-refractivity contribution is -0.116. The number of rotatable bonds is 4. The lowest BCUT2D eigenvalue weighted by Crippen LogP contribution is -2.28. The molecular weight excluding hydrogens is 350 g/mol. The molecule has 1 atom stereocenters. The van der Waals surface area contributed by atoms with Crippen LogP contribution in [-0.2, 0) is 11.3 Å². The standard InChI is InChI=1S/C15H12ClN5O2S/c16-11-4-2-1-3-10(11)14-21(13(22)8-24-14)15-19-18-12(23-15)7-20-6-5-17-9-20/h1-6,9,14H,7-8H2. The molecule has 1 aromatic carbocycles.